The quantitative estimate of drug-likeness (QED) is 0.354. The molecule has 1 saturated heterocycles. The molecule has 0 radical (unpaired) electrons. The molecule has 1 fully saturated rings. The van der Waals surface area contributed by atoms with Crippen molar-refractivity contribution in [2.45, 2.75) is 26.3 Å². The Morgan fingerprint density at radius 3 is 2.39 bits per heavy atom. The monoisotopic (exact) mass is 452 g/mol. The van der Waals surface area contributed by atoms with Gasteiger partial charge in [0.25, 0.3) is 11.7 Å². The van der Waals surface area contributed by atoms with Crippen LogP contribution in [0.15, 0.2) is 48.0 Å². The van der Waals surface area contributed by atoms with Crippen LogP contribution in [0.4, 0.5) is 0 Å². The fraction of sp³-hybridized carbons (Fsp3) is 0.385. The van der Waals surface area contributed by atoms with Gasteiger partial charge in [-0.05, 0) is 82.4 Å². The maximum absolute atomic E-state index is 13.1. The van der Waals surface area contributed by atoms with Gasteiger partial charge in [0.15, 0.2) is 0 Å². The van der Waals surface area contributed by atoms with Crippen LogP contribution in [-0.4, -0.2) is 67.5 Å². The third-order valence-corrected chi connectivity index (χ3v) is 5.72. The summed E-state index contributed by atoms with van der Waals surface area (Å²) in [6.45, 7) is 5.49. The van der Waals surface area contributed by atoms with Crippen LogP contribution in [-0.2, 0) is 9.59 Å². The minimum atomic E-state index is -0.676. The number of benzene rings is 2. The van der Waals surface area contributed by atoms with Crippen LogP contribution in [0.3, 0.4) is 0 Å². The van der Waals surface area contributed by atoms with Crippen molar-refractivity contribution >= 4 is 17.4 Å². The number of aliphatic hydroxyl groups excluding tert-OH is 1. The van der Waals surface area contributed by atoms with E-state index in [1.807, 2.05) is 45.0 Å². The van der Waals surface area contributed by atoms with E-state index < -0.39 is 17.7 Å². The molecule has 1 heterocycles. The zero-order chi connectivity index (χ0) is 24.1. The first-order valence-electron chi connectivity index (χ1n) is 11.1. The van der Waals surface area contributed by atoms with E-state index in [-0.39, 0.29) is 11.3 Å². The number of amides is 1. The van der Waals surface area contributed by atoms with Crippen LogP contribution >= 0.6 is 0 Å². The third kappa shape index (κ3) is 5.20. The second-order valence-electron chi connectivity index (χ2n) is 8.34. The minimum Gasteiger partial charge on any atom is -0.507 e. The summed E-state index contributed by atoms with van der Waals surface area (Å²) in [5.41, 5.74) is 2.14. The van der Waals surface area contributed by atoms with Crippen LogP contribution in [0, 0.1) is 6.92 Å². The summed E-state index contributed by atoms with van der Waals surface area (Å²) >= 11 is 0. The molecule has 0 aromatic heterocycles. The number of aliphatic hydroxyl groups is 1. The molecule has 0 spiro atoms. The summed E-state index contributed by atoms with van der Waals surface area (Å²) in [4.78, 5) is 29.7. The van der Waals surface area contributed by atoms with Crippen molar-refractivity contribution in [2.75, 3.05) is 40.9 Å². The number of ether oxygens (including phenoxy) is 2. The molecule has 1 amide bonds. The lowest BCUT2D eigenvalue weighted by molar-refractivity contribution is -0.139. The fourth-order valence-electron chi connectivity index (χ4n) is 4.07. The molecule has 0 aliphatic carbocycles. The highest BCUT2D eigenvalue weighted by molar-refractivity contribution is 6.46. The molecule has 0 saturated carbocycles. The zero-order valence-corrected chi connectivity index (χ0v) is 19.9. The van der Waals surface area contributed by atoms with Gasteiger partial charge in [-0.2, -0.15) is 0 Å². The lowest BCUT2D eigenvalue weighted by Crippen LogP contribution is -2.32. The summed E-state index contributed by atoms with van der Waals surface area (Å²) in [6.07, 6.45) is 0.703. The Kier molecular flexibility index (Phi) is 7.76. The molecule has 33 heavy (non-hydrogen) atoms. The van der Waals surface area contributed by atoms with Crippen molar-refractivity contribution in [1.29, 1.82) is 0 Å². The normalized spacial score (nSPS) is 17.6. The number of Topliss-reactive ketones (excluding diaryl/α,β-unsaturated/α-hetero) is 1. The maximum atomic E-state index is 13.1. The third-order valence-electron chi connectivity index (χ3n) is 5.72. The number of nitrogens with zero attached hydrogens (tertiary/aromatic N) is 2. The molecule has 176 valence electrons. The number of carbonyl (C=O) groups is 2. The summed E-state index contributed by atoms with van der Waals surface area (Å²) in [7, 11) is 5.50. The van der Waals surface area contributed by atoms with Gasteiger partial charge in [-0.15, -0.1) is 0 Å². The highest BCUT2D eigenvalue weighted by Crippen LogP contribution is 2.40. The molecule has 3 rings (SSSR count). The van der Waals surface area contributed by atoms with Gasteiger partial charge in [0.1, 0.15) is 17.3 Å². The molecule has 1 unspecified atom stereocenters. The Bertz CT molecular complexity index is 1040. The van der Waals surface area contributed by atoms with Crippen LogP contribution < -0.4 is 9.47 Å². The van der Waals surface area contributed by atoms with Crippen molar-refractivity contribution in [3.05, 3.63) is 64.7 Å². The van der Waals surface area contributed by atoms with Gasteiger partial charge >= 0.3 is 0 Å². The summed E-state index contributed by atoms with van der Waals surface area (Å²) in [5.74, 6) is -0.0748. The number of rotatable bonds is 9. The molecule has 7 nitrogen and oxygen atoms in total. The number of hydrogen-bond acceptors (Lipinski definition) is 6. The fourth-order valence-corrected chi connectivity index (χ4v) is 4.07. The van der Waals surface area contributed by atoms with E-state index in [0.717, 1.165) is 17.7 Å². The number of likely N-dealkylation sites (tertiary alicyclic amines) is 1. The highest BCUT2D eigenvalue weighted by Gasteiger charge is 2.45. The topological polar surface area (TPSA) is 79.3 Å². The molecule has 1 atom stereocenters. The number of ketones is 1. The van der Waals surface area contributed by atoms with Gasteiger partial charge in [-0.1, -0.05) is 12.1 Å². The summed E-state index contributed by atoms with van der Waals surface area (Å²) in [5, 5.41) is 11.2. The first-order chi connectivity index (χ1) is 15.8. The van der Waals surface area contributed by atoms with E-state index in [0.29, 0.717) is 36.6 Å². The molecular formula is C26H32N2O5. The van der Waals surface area contributed by atoms with E-state index in [1.165, 1.54) is 0 Å². The van der Waals surface area contributed by atoms with Crippen LogP contribution in [0.1, 0.15) is 36.1 Å². The molecule has 1 aliphatic rings. The van der Waals surface area contributed by atoms with Crippen molar-refractivity contribution in [3.63, 3.8) is 0 Å². The van der Waals surface area contributed by atoms with Crippen LogP contribution in [0.25, 0.3) is 5.76 Å². The average molecular weight is 453 g/mol. The Morgan fingerprint density at radius 2 is 1.82 bits per heavy atom. The zero-order valence-electron chi connectivity index (χ0n) is 19.9. The predicted octanol–water partition coefficient (Wildman–Crippen LogP) is 3.78. The molecule has 2 aromatic carbocycles. The number of carbonyl (C=O) groups excluding carboxylic acids is 2. The first kappa shape index (κ1) is 24.3. The highest BCUT2D eigenvalue weighted by atomic mass is 16.5. The number of hydrogen-bond donors (Lipinski definition) is 1. The molecule has 7 heteroatoms. The smallest absolute Gasteiger partial charge is 0.295 e. The van der Waals surface area contributed by atoms with Gasteiger partial charge < -0.3 is 24.4 Å². The Labute approximate surface area is 195 Å². The SMILES string of the molecule is CCOc1ccc(/C(O)=C2\C(=O)C(=O)N(CCCN(C)C)C2c2ccc(OC)cc2)cc1C. The summed E-state index contributed by atoms with van der Waals surface area (Å²) in [6, 6.07) is 11.8. The Balaban J connectivity index is 2.08. The Morgan fingerprint density at radius 1 is 1.12 bits per heavy atom. The maximum Gasteiger partial charge on any atom is 0.295 e. The predicted molar refractivity (Wildman–Crippen MR) is 128 cm³/mol. The molecular weight excluding hydrogens is 420 g/mol. The van der Waals surface area contributed by atoms with Gasteiger partial charge in [0, 0.05) is 12.1 Å². The lowest BCUT2D eigenvalue weighted by atomic mass is 9.94. The van der Waals surface area contributed by atoms with Gasteiger partial charge in [0.05, 0.1) is 25.3 Å². The van der Waals surface area contributed by atoms with E-state index in [4.69, 9.17) is 9.47 Å². The van der Waals surface area contributed by atoms with Gasteiger partial charge in [-0.3, -0.25) is 9.59 Å². The molecule has 0 bridgehead atoms. The van der Waals surface area contributed by atoms with E-state index in [1.54, 1.807) is 42.3 Å². The second kappa shape index (κ2) is 10.5. The number of methoxy groups -OCH3 is 1. The second-order valence-corrected chi connectivity index (χ2v) is 8.34. The van der Waals surface area contributed by atoms with E-state index in [9.17, 15) is 14.7 Å². The van der Waals surface area contributed by atoms with Crippen molar-refractivity contribution in [3.8, 4) is 11.5 Å². The Hall–Kier alpha value is -3.32. The van der Waals surface area contributed by atoms with E-state index in [2.05, 4.69) is 0 Å². The van der Waals surface area contributed by atoms with Crippen molar-refractivity contribution in [2.24, 2.45) is 0 Å². The van der Waals surface area contributed by atoms with Gasteiger partial charge in [-0.25, -0.2) is 0 Å². The van der Waals surface area contributed by atoms with Gasteiger partial charge in [0.2, 0.25) is 0 Å². The standard InChI is InChI=1S/C26H32N2O5/c1-6-33-21-13-10-19(16-17(21)2)24(29)22-23(18-8-11-20(32-5)12-9-18)28(26(31)25(22)30)15-7-14-27(3)4/h8-13,16,23,29H,6-7,14-15H2,1-5H3/b24-22+. The minimum absolute atomic E-state index is 0.0959. The van der Waals surface area contributed by atoms with E-state index >= 15 is 0 Å². The molecule has 1 aliphatic heterocycles. The molecule has 2 aromatic rings. The van der Waals surface area contributed by atoms with Crippen molar-refractivity contribution < 1.29 is 24.2 Å². The van der Waals surface area contributed by atoms with Crippen molar-refractivity contribution in [1.82, 2.24) is 9.80 Å². The van der Waals surface area contributed by atoms with Crippen LogP contribution in [0.5, 0.6) is 11.5 Å². The van der Waals surface area contributed by atoms with Crippen LogP contribution in [0.2, 0.25) is 0 Å². The molecule has 1 N–H and O–H groups in total. The first-order valence-corrected chi connectivity index (χ1v) is 11.1. The largest absolute Gasteiger partial charge is 0.507 e. The summed E-state index contributed by atoms with van der Waals surface area (Å²) < 4.78 is 10.8. The average Bonchev–Trinajstić information content (AvgIpc) is 3.05. The number of aryl methyl sites for hydroxylation is 1. The lowest BCUT2D eigenvalue weighted by Gasteiger charge is -2.26.